The molecule has 0 saturated carbocycles. The van der Waals surface area contributed by atoms with Gasteiger partial charge >= 0.3 is 5.97 Å². The van der Waals surface area contributed by atoms with Crippen molar-refractivity contribution in [2.24, 2.45) is 0 Å². The fourth-order valence-corrected chi connectivity index (χ4v) is 3.24. The summed E-state index contributed by atoms with van der Waals surface area (Å²) in [7, 11) is -1.31. The predicted molar refractivity (Wildman–Crippen MR) is 101 cm³/mol. The van der Waals surface area contributed by atoms with Gasteiger partial charge in [0.15, 0.2) is 6.61 Å². The summed E-state index contributed by atoms with van der Waals surface area (Å²) in [4.78, 5) is 24.5. The summed E-state index contributed by atoms with van der Waals surface area (Å²) in [5, 5.41) is 2.82. The zero-order valence-electron chi connectivity index (χ0n) is 14.9. The molecule has 0 spiro atoms. The number of benzene rings is 2. The molecule has 2 atom stereocenters. The highest BCUT2D eigenvalue weighted by Crippen LogP contribution is 2.13. The first-order valence-corrected chi connectivity index (χ1v) is 9.96. The lowest BCUT2D eigenvalue weighted by Gasteiger charge is -2.14. The molecule has 0 fully saturated rings. The lowest BCUT2D eigenvalue weighted by Crippen LogP contribution is -2.36. The van der Waals surface area contributed by atoms with Gasteiger partial charge in [-0.3, -0.25) is 9.00 Å². The number of esters is 1. The minimum Gasteiger partial charge on any atom is -0.452 e. The van der Waals surface area contributed by atoms with Crippen LogP contribution in [0.2, 0.25) is 0 Å². The Bertz CT molecular complexity index is 776. The van der Waals surface area contributed by atoms with Gasteiger partial charge in [0.1, 0.15) is 0 Å². The number of hydrogen-bond acceptors (Lipinski definition) is 4. The number of carbonyl (C=O) groups is 2. The Morgan fingerprint density at radius 3 is 2.42 bits per heavy atom. The average Bonchev–Trinajstić information content (AvgIpc) is 2.65. The molecular formula is C20H23NO4S. The van der Waals surface area contributed by atoms with Crippen molar-refractivity contribution in [3.63, 3.8) is 0 Å². The monoisotopic (exact) mass is 373 g/mol. The molecule has 0 radical (unpaired) electrons. The fraction of sp³-hybridized carbons (Fsp3) is 0.300. The van der Waals surface area contributed by atoms with Crippen molar-refractivity contribution in [3.8, 4) is 0 Å². The molecule has 0 aromatic heterocycles. The normalized spacial score (nSPS) is 12.8. The summed E-state index contributed by atoms with van der Waals surface area (Å²) < 4.78 is 16.7. The van der Waals surface area contributed by atoms with Crippen molar-refractivity contribution < 1.29 is 18.5 Å². The molecule has 0 heterocycles. The van der Waals surface area contributed by atoms with E-state index in [9.17, 15) is 13.8 Å². The standard InChI is InChI=1S/C20H23NO4S/c1-15(12-13-16-8-4-3-5-9-16)21-19(22)14-25-20(23)17-10-6-7-11-18(17)26(2)24/h3-11,15H,12-14H2,1-2H3,(H,21,22)/t15-,26+/m1/s1. The van der Waals surface area contributed by atoms with Crippen LogP contribution in [-0.2, 0) is 26.8 Å². The zero-order valence-corrected chi connectivity index (χ0v) is 15.8. The maximum Gasteiger partial charge on any atom is 0.339 e. The number of aryl methyl sites for hydroxylation is 1. The summed E-state index contributed by atoms with van der Waals surface area (Å²) in [6.07, 6.45) is 3.15. The Morgan fingerprint density at radius 1 is 1.08 bits per heavy atom. The van der Waals surface area contributed by atoms with E-state index in [1.54, 1.807) is 24.3 Å². The van der Waals surface area contributed by atoms with Crippen LogP contribution in [0.3, 0.4) is 0 Å². The van der Waals surface area contributed by atoms with Gasteiger partial charge in [-0.05, 0) is 37.5 Å². The van der Waals surface area contributed by atoms with Crippen LogP contribution in [0.15, 0.2) is 59.5 Å². The first-order valence-electron chi connectivity index (χ1n) is 8.40. The molecule has 0 bridgehead atoms. The van der Waals surface area contributed by atoms with E-state index in [2.05, 4.69) is 5.32 Å². The molecule has 2 aromatic carbocycles. The van der Waals surface area contributed by atoms with Gasteiger partial charge in [-0.25, -0.2) is 4.79 Å². The number of hydrogen-bond donors (Lipinski definition) is 1. The summed E-state index contributed by atoms with van der Waals surface area (Å²) in [5.41, 5.74) is 1.43. The van der Waals surface area contributed by atoms with E-state index in [0.29, 0.717) is 4.90 Å². The predicted octanol–water partition coefficient (Wildman–Crippen LogP) is 2.72. The summed E-state index contributed by atoms with van der Waals surface area (Å²) in [5.74, 6) is -1.00. The van der Waals surface area contributed by atoms with Crippen molar-refractivity contribution in [1.29, 1.82) is 0 Å². The van der Waals surface area contributed by atoms with Crippen LogP contribution in [0.5, 0.6) is 0 Å². The molecule has 2 aromatic rings. The highest BCUT2D eigenvalue weighted by Gasteiger charge is 2.16. The summed E-state index contributed by atoms with van der Waals surface area (Å²) >= 11 is 0. The minimum absolute atomic E-state index is 0.0307. The van der Waals surface area contributed by atoms with Crippen LogP contribution in [0, 0.1) is 0 Å². The van der Waals surface area contributed by atoms with Crippen LogP contribution in [0.25, 0.3) is 0 Å². The molecule has 5 nitrogen and oxygen atoms in total. The van der Waals surface area contributed by atoms with Gasteiger partial charge < -0.3 is 10.1 Å². The molecule has 0 aliphatic heterocycles. The largest absolute Gasteiger partial charge is 0.452 e. The molecule has 1 N–H and O–H groups in total. The lowest BCUT2D eigenvalue weighted by molar-refractivity contribution is -0.124. The number of carbonyl (C=O) groups excluding carboxylic acids is 2. The first kappa shape index (κ1) is 19.8. The lowest BCUT2D eigenvalue weighted by atomic mass is 10.1. The van der Waals surface area contributed by atoms with E-state index in [1.807, 2.05) is 37.3 Å². The van der Waals surface area contributed by atoms with Crippen molar-refractivity contribution in [1.82, 2.24) is 5.32 Å². The number of nitrogens with one attached hydrogen (secondary N) is 1. The smallest absolute Gasteiger partial charge is 0.339 e. The van der Waals surface area contributed by atoms with Crippen molar-refractivity contribution in [2.75, 3.05) is 12.9 Å². The van der Waals surface area contributed by atoms with Crippen LogP contribution >= 0.6 is 0 Å². The maximum atomic E-state index is 12.1. The molecule has 0 unspecified atom stereocenters. The third kappa shape index (κ3) is 6.11. The Labute approximate surface area is 156 Å². The molecule has 138 valence electrons. The van der Waals surface area contributed by atoms with Crippen molar-refractivity contribution in [3.05, 3.63) is 65.7 Å². The third-order valence-electron chi connectivity index (χ3n) is 3.87. The molecule has 1 amide bonds. The average molecular weight is 373 g/mol. The molecule has 26 heavy (non-hydrogen) atoms. The van der Waals surface area contributed by atoms with Gasteiger partial charge in [-0.15, -0.1) is 0 Å². The van der Waals surface area contributed by atoms with Crippen LogP contribution < -0.4 is 5.32 Å². The third-order valence-corrected chi connectivity index (χ3v) is 4.84. The number of amides is 1. The van der Waals surface area contributed by atoms with E-state index in [-0.39, 0.29) is 24.1 Å². The van der Waals surface area contributed by atoms with E-state index >= 15 is 0 Å². The second-order valence-electron chi connectivity index (χ2n) is 6.02. The second kappa shape index (κ2) is 9.87. The highest BCUT2D eigenvalue weighted by molar-refractivity contribution is 7.84. The van der Waals surface area contributed by atoms with Crippen LogP contribution in [0.4, 0.5) is 0 Å². The van der Waals surface area contributed by atoms with E-state index in [4.69, 9.17) is 4.74 Å². The van der Waals surface area contributed by atoms with Gasteiger partial charge in [0.2, 0.25) is 0 Å². The van der Waals surface area contributed by atoms with Crippen molar-refractivity contribution >= 4 is 22.7 Å². The number of rotatable bonds is 8. The Hall–Kier alpha value is -2.47. The Kier molecular flexibility index (Phi) is 7.53. The van der Waals surface area contributed by atoms with Crippen molar-refractivity contribution in [2.45, 2.75) is 30.7 Å². The molecule has 0 aliphatic carbocycles. The van der Waals surface area contributed by atoms with Crippen LogP contribution in [0.1, 0.15) is 29.3 Å². The topological polar surface area (TPSA) is 72.5 Å². The van der Waals surface area contributed by atoms with Gasteiger partial charge in [-0.2, -0.15) is 0 Å². The van der Waals surface area contributed by atoms with Gasteiger partial charge in [0.25, 0.3) is 5.91 Å². The SMILES string of the molecule is C[C@H](CCc1ccccc1)NC(=O)COC(=O)c1ccccc1[S@](C)=O. The minimum atomic E-state index is -1.31. The fourth-order valence-electron chi connectivity index (χ4n) is 2.51. The van der Waals surface area contributed by atoms with E-state index < -0.39 is 16.8 Å². The Balaban J connectivity index is 1.79. The molecule has 6 heteroatoms. The van der Waals surface area contributed by atoms with E-state index in [1.165, 1.54) is 11.8 Å². The maximum absolute atomic E-state index is 12.1. The van der Waals surface area contributed by atoms with E-state index in [0.717, 1.165) is 12.8 Å². The van der Waals surface area contributed by atoms with Gasteiger partial charge in [0, 0.05) is 12.3 Å². The summed E-state index contributed by atoms with van der Waals surface area (Å²) in [6.45, 7) is 1.55. The molecule has 2 rings (SSSR count). The quantitative estimate of drug-likeness (QED) is 0.722. The molecular weight excluding hydrogens is 350 g/mol. The summed E-state index contributed by atoms with van der Waals surface area (Å²) in [6, 6.07) is 16.5. The highest BCUT2D eigenvalue weighted by atomic mass is 32.2. The van der Waals surface area contributed by atoms with Gasteiger partial charge in [0.05, 0.1) is 21.3 Å². The first-order chi connectivity index (χ1) is 12.5. The molecule has 0 saturated heterocycles. The zero-order chi connectivity index (χ0) is 18.9. The van der Waals surface area contributed by atoms with Gasteiger partial charge in [-0.1, -0.05) is 42.5 Å². The number of ether oxygens (including phenoxy) is 1. The Morgan fingerprint density at radius 2 is 1.73 bits per heavy atom. The second-order valence-corrected chi connectivity index (χ2v) is 7.37. The van der Waals surface area contributed by atoms with Crippen LogP contribution in [-0.4, -0.2) is 35.0 Å². The molecule has 0 aliphatic rings.